The summed E-state index contributed by atoms with van der Waals surface area (Å²) in [4.78, 5) is 16.6. The molecular weight excluding hydrogens is 395 g/mol. The number of anilines is 1. The Kier molecular flexibility index (Phi) is 4.92. The SMILES string of the molecule is COc1ccc(F)cc1-c1csc(NC(=O)c2cccc(Br)c2)n1. The number of carbonyl (C=O) groups is 1. The molecular formula is C17H12BrFN2O2S. The Morgan fingerprint density at radius 2 is 2.12 bits per heavy atom. The van der Waals surface area contributed by atoms with E-state index in [4.69, 9.17) is 4.74 Å². The number of thiazole rings is 1. The van der Waals surface area contributed by atoms with Gasteiger partial charge in [0.25, 0.3) is 5.91 Å². The van der Waals surface area contributed by atoms with Gasteiger partial charge in [-0.3, -0.25) is 10.1 Å². The summed E-state index contributed by atoms with van der Waals surface area (Å²) in [6.45, 7) is 0. The number of ether oxygens (including phenoxy) is 1. The highest BCUT2D eigenvalue weighted by atomic mass is 79.9. The third-order valence-electron chi connectivity index (χ3n) is 3.25. The highest BCUT2D eigenvalue weighted by Crippen LogP contribution is 2.32. The van der Waals surface area contributed by atoms with Crippen LogP contribution in [-0.4, -0.2) is 18.0 Å². The molecule has 2 aromatic carbocycles. The van der Waals surface area contributed by atoms with Crippen LogP contribution in [0.25, 0.3) is 11.3 Å². The minimum absolute atomic E-state index is 0.261. The Morgan fingerprint density at radius 1 is 1.29 bits per heavy atom. The summed E-state index contributed by atoms with van der Waals surface area (Å²) in [5.41, 5.74) is 1.60. The lowest BCUT2D eigenvalue weighted by molar-refractivity contribution is 0.102. The first-order chi connectivity index (χ1) is 11.6. The number of carbonyl (C=O) groups excluding carboxylic acids is 1. The molecule has 0 atom stereocenters. The van der Waals surface area contributed by atoms with Crippen molar-refractivity contribution in [2.45, 2.75) is 0 Å². The van der Waals surface area contributed by atoms with Gasteiger partial charge in [0.1, 0.15) is 11.6 Å². The maximum Gasteiger partial charge on any atom is 0.257 e. The average Bonchev–Trinajstić information content (AvgIpc) is 3.03. The van der Waals surface area contributed by atoms with Crippen LogP contribution < -0.4 is 10.1 Å². The van der Waals surface area contributed by atoms with Crippen LogP contribution in [0.5, 0.6) is 5.75 Å². The Balaban J connectivity index is 1.84. The van der Waals surface area contributed by atoms with E-state index in [-0.39, 0.29) is 11.7 Å². The second kappa shape index (κ2) is 7.11. The number of hydrogen-bond donors (Lipinski definition) is 1. The smallest absolute Gasteiger partial charge is 0.257 e. The first kappa shape index (κ1) is 16.6. The largest absolute Gasteiger partial charge is 0.496 e. The molecule has 0 aliphatic carbocycles. The molecule has 1 N–H and O–H groups in total. The number of rotatable bonds is 4. The quantitative estimate of drug-likeness (QED) is 0.664. The van der Waals surface area contributed by atoms with Crippen LogP contribution >= 0.6 is 27.3 Å². The zero-order valence-electron chi connectivity index (χ0n) is 12.5. The number of aromatic nitrogens is 1. The van der Waals surface area contributed by atoms with Crippen LogP contribution in [0, 0.1) is 5.82 Å². The molecule has 0 unspecified atom stereocenters. The third kappa shape index (κ3) is 3.63. The molecule has 122 valence electrons. The molecule has 0 fully saturated rings. The van der Waals surface area contributed by atoms with Crippen molar-refractivity contribution in [3.8, 4) is 17.0 Å². The van der Waals surface area contributed by atoms with E-state index in [2.05, 4.69) is 26.2 Å². The van der Waals surface area contributed by atoms with Crippen molar-refractivity contribution in [3.63, 3.8) is 0 Å². The highest BCUT2D eigenvalue weighted by Gasteiger charge is 2.13. The van der Waals surface area contributed by atoms with Crippen molar-refractivity contribution in [2.24, 2.45) is 0 Å². The Bertz CT molecular complexity index is 898. The van der Waals surface area contributed by atoms with Crippen LogP contribution in [0.3, 0.4) is 0 Å². The predicted octanol–water partition coefficient (Wildman–Crippen LogP) is 4.97. The molecule has 7 heteroatoms. The van der Waals surface area contributed by atoms with Gasteiger partial charge in [0, 0.05) is 21.0 Å². The van der Waals surface area contributed by atoms with E-state index in [1.807, 2.05) is 6.07 Å². The maximum atomic E-state index is 13.5. The molecule has 0 radical (unpaired) electrons. The molecule has 24 heavy (non-hydrogen) atoms. The number of methoxy groups -OCH3 is 1. The van der Waals surface area contributed by atoms with E-state index in [0.717, 1.165) is 4.47 Å². The lowest BCUT2D eigenvalue weighted by atomic mass is 10.1. The van der Waals surface area contributed by atoms with Crippen molar-refractivity contribution >= 4 is 38.3 Å². The molecule has 0 aliphatic rings. The van der Waals surface area contributed by atoms with E-state index >= 15 is 0 Å². The van der Waals surface area contributed by atoms with Crippen LogP contribution in [-0.2, 0) is 0 Å². The summed E-state index contributed by atoms with van der Waals surface area (Å²) in [7, 11) is 1.51. The van der Waals surface area contributed by atoms with Gasteiger partial charge in [-0.05, 0) is 36.4 Å². The summed E-state index contributed by atoms with van der Waals surface area (Å²) in [5, 5.41) is 4.92. The topological polar surface area (TPSA) is 51.2 Å². The summed E-state index contributed by atoms with van der Waals surface area (Å²) in [5.74, 6) is -0.117. The van der Waals surface area contributed by atoms with Gasteiger partial charge in [0.15, 0.2) is 5.13 Å². The van der Waals surface area contributed by atoms with Gasteiger partial charge in [-0.25, -0.2) is 9.37 Å². The average molecular weight is 407 g/mol. The minimum Gasteiger partial charge on any atom is -0.496 e. The number of amides is 1. The zero-order chi connectivity index (χ0) is 17.1. The number of halogens is 2. The highest BCUT2D eigenvalue weighted by molar-refractivity contribution is 9.10. The molecule has 1 heterocycles. The molecule has 1 aromatic heterocycles. The van der Waals surface area contributed by atoms with E-state index in [1.165, 1.54) is 30.6 Å². The second-order valence-electron chi connectivity index (χ2n) is 4.85. The fraction of sp³-hybridized carbons (Fsp3) is 0.0588. The molecule has 0 bridgehead atoms. The van der Waals surface area contributed by atoms with E-state index in [1.54, 1.807) is 29.6 Å². The Labute approximate surface area is 150 Å². The fourth-order valence-corrected chi connectivity index (χ4v) is 3.24. The molecule has 0 saturated heterocycles. The second-order valence-corrected chi connectivity index (χ2v) is 6.62. The van der Waals surface area contributed by atoms with Crippen LogP contribution in [0.2, 0.25) is 0 Å². The van der Waals surface area contributed by atoms with Gasteiger partial charge in [-0.15, -0.1) is 11.3 Å². The lowest BCUT2D eigenvalue weighted by Crippen LogP contribution is -2.11. The predicted molar refractivity (Wildman–Crippen MR) is 96.2 cm³/mol. The standard InChI is InChI=1S/C17H12BrFN2O2S/c1-23-15-6-5-12(19)8-13(15)14-9-24-17(20-14)21-16(22)10-3-2-4-11(18)7-10/h2-9H,1H3,(H,20,21,22). The van der Waals surface area contributed by atoms with Crippen molar-refractivity contribution in [2.75, 3.05) is 12.4 Å². The van der Waals surface area contributed by atoms with Gasteiger partial charge in [0.05, 0.1) is 12.8 Å². The monoisotopic (exact) mass is 406 g/mol. The summed E-state index contributed by atoms with van der Waals surface area (Å²) < 4.78 is 19.5. The number of nitrogens with zero attached hydrogens (tertiary/aromatic N) is 1. The van der Waals surface area contributed by atoms with Gasteiger partial charge in [-0.1, -0.05) is 22.0 Å². The third-order valence-corrected chi connectivity index (χ3v) is 4.50. The molecule has 4 nitrogen and oxygen atoms in total. The minimum atomic E-state index is -0.376. The van der Waals surface area contributed by atoms with E-state index in [9.17, 15) is 9.18 Å². The van der Waals surface area contributed by atoms with Crippen molar-refractivity contribution in [1.29, 1.82) is 0 Å². The van der Waals surface area contributed by atoms with Crippen LogP contribution in [0.4, 0.5) is 9.52 Å². The first-order valence-corrected chi connectivity index (χ1v) is 8.60. The normalized spacial score (nSPS) is 10.5. The molecule has 0 saturated carbocycles. The van der Waals surface area contributed by atoms with Crippen LogP contribution in [0.15, 0.2) is 52.3 Å². The first-order valence-electron chi connectivity index (χ1n) is 6.93. The fourth-order valence-electron chi connectivity index (χ4n) is 2.13. The van der Waals surface area contributed by atoms with Gasteiger partial charge < -0.3 is 4.74 Å². The van der Waals surface area contributed by atoms with Crippen molar-refractivity contribution < 1.29 is 13.9 Å². The van der Waals surface area contributed by atoms with Gasteiger partial charge >= 0.3 is 0 Å². The molecule has 3 aromatic rings. The summed E-state index contributed by atoms with van der Waals surface area (Å²) >= 11 is 4.59. The molecule has 1 amide bonds. The zero-order valence-corrected chi connectivity index (χ0v) is 14.9. The Morgan fingerprint density at radius 3 is 2.88 bits per heavy atom. The van der Waals surface area contributed by atoms with Gasteiger partial charge in [0.2, 0.25) is 0 Å². The van der Waals surface area contributed by atoms with E-state index < -0.39 is 0 Å². The maximum absolute atomic E-state index is 13.5. The molecule has 0 aliphatic heterocycles. The van der Waals surface area contributed by atoms with E-state index in [0.29, 0.717) is 27.7 Å². The van der Waals surface area contributed by atoms with Crippen molar-refractivity contribution in [3.05, 3.63) is 63.7 Å². The molecule has 3 rings (SSSR count). The summed E-state index contributed by atoms with van der Waals surface area (Å²) in [6.07, 6.45) is 0. The van der Waals surface area contributed by atoms with Crippen LogP contribution in [0.1, 0.15) is 10.4 Å². The van der Waals surface area contributed by atoms with Gasteiger partial charge in [-0.2, -0.15) is 0 Å². The number of benzene rings is 2. The lowest BCUT2D eigenvalue weighted by Gasteiger charge is -2.06. The summed E-state index contributed by atoms with van der Waals surface area (Å²) in [6, 6.07) is 11.3. The number of hydrogen-bond acceptors (Lipinski definition) is 4. The van der Waals surface area contributed by atoms with Crippen molar-refractivity contribution in [1.82, 2.24) is 4.98 Å². The molecule has 0 spiro atoms. The Hall–Kier alpha value is -2.25. The number of nitrogens with one attached hydrogen (secondary N) is 1.